The van der Waals surface area contributed by atoms with Crippen molar-refractivity contribution in [2.45, 2.75) is 38.9 Å². The lowest BCUT2D eigenvalue weighted by molar-refractivity contribution is -0.129. The first kappa shape index (κ1) is 16.4. The highest BCUT2D eigenvalue weighted by atomic mass is 32.2. The lowest BCUT2D eigenvalue weighted by Gasteiger charge is -2.32. The summed E-state index contributed by atoms with van der Waals surface area (Å²) in [5.74, 6) is 0.0176. The molecule has 1 aliphatic rings. The van der Waals surface area contributed by atoms with Crippen LogP contribution in [0.2, 0.25) is 0 Å². The molecule has 0 saturated carbocycles. The van der Waals surface area contributed by atoms with Gasteiger partial charge in [0.05, 0.1) is 5.25 Å². The molecule has 0 aromatic carbocycles. The fourth-order valence-corrected chi connectivity index (χ4v) is 3.03. The monoisotopic (exact) mass is 290 g/mol. The third-order valence-corrected chi connectivity index (χ3v) is 5.78. The number of piperidine rings is 1. The molecule has 0 spiro atoms. The van der Waals surface area contributed by atoms with Crippen LogP contribution in [0.15, 0.2) is 0 Å². The SMILES string of the molecule is CCNCC1CCN(C(=O)CS(=O)(=O)C(C)C)CC1. The van der Waals surface area contributed by atoms with Crippen molar-refractivity contribution in [1.82, 2.24) is 10.2 Å². The number of hydrogen-bond acceptors (Lipinski definition) is 4. The molecule has 1 amide bonds. The van der Waals surface area contributed by atoms with Crippen LogP contribution in [0.1, 0.15) is 33.6 Å². The molecular formula is C13H26N2O3S. The number of hydrogen-bond donors (Lipinski definition) is 1. The van der Waals surface area contributed by atoms with Gasteiger partial charge in [-0.15, -0.1) is 0 Å². The zero-order valence-electron chi connectivity index (χ0n) is 12.2. The molecule has 0 bridgehead atoms. The van der Waals surface area contributed by atoms with Crippen LogP contribution in [0.25, 0.3) is 0 Å². The number of likely N-dealkylation sites (tertiary alicyclic amines) is 1. The van der Waals surface area contributed by atoms with Crippen LogP contribution in [0.4, 0.5) is 0 Å². The highest BCUT2D eigenvalue weighted by Crippen LogP contribution is 2.17. The Morgan fingerprint density at radius 2 is 1.89 bits per heavy atom. The summed E-state index contributed by atoms with van der Waals surface area (Å²) in [5.41, 5.74) is 0. The fraction of sp³-hybridized carbons (Fsp3) is 0.923. The average molecular weight is 290 g/mol. The van der Waals surface area contributed by atoms with Gasteiger partial charge in [-0.05, 0) is 45.7 Å². The van der Waals surface area contributed by atoms with Crippen molar-refractivity contribution in [1.29, 1.82) is 0 Å². The Hall–Kier alpha value is -0.620. The molecule has 1 fully saturated rings. The van der Waals surface area contributed by atoms with E-state index in [0.717, 1.165) is 25.9 Å². The Bertz CT molecular complexity index is 385. The Morgan fingerprint density at radius 3 is 2.37 bits per heavy atom. The van der Waals surface area contributed by atoms with Crippen LogP contribution in [-0.2, 0) is 14.6 Å². The Labute approximate surface area is 116 Å². The van der Waals surface area contributed by atoms with E-state index < -0.39 is 15.1 Å². The maximum atomic E-state index is 12.0. The minimum absolute atomic E-state index is 0.240. The summed E-state index contributed by atoms with van der Waals surface area (Å²) in [6.45, 7) is 8.63. The minimum atomic E-state index is -3.28. The Balaban J connectivity index is 2.41. The minimum Gasteiger partial charge on any atom is -0.342 e. The molecule has 0 atom stereocenters. The quantitative estimate of drug-likeness (QED) is 0.780. The van der Waals surface area contributed by atoms with Crippen LogP contribution < -0.4 is 5.32 Å². The van der Waals surface area contributed by atoms with E-state index in [2.05, 4.69) is 12.2 Å². The fourth-order valence-electron chi connectivity index (χ4n) is 2.17. The zero-order valence-corrected chi connectivity index (χ0v) is 13.0. The number of rotatable bonds is 6. The van der Waals surface area contributed by atoms with Gasteiger partial charge in [-0.3, -0.25) is 4.79 Å². The summed E-state index contributed by atoms with van der Waals surface area (Å²) in [5, 5.41) is 2.83. The van der Waals surface area contributed by atoms with Gasteiger partial charge in [-0.2, -0.15) is 0 Å². The largest absolute Gasteiger partial charge is 0.342 e. The van der Waals surface area contributed by atoms with Gasteiger partial charge in [-0.25, -0.2) is 8.42 Å². The molecule has 6 heteroatoms. The predicted molar refractivity (Wildman–Crippen MR) is 76.8 cm³/mol. The third kappa shape index (κ3) is 5.10. The molecular weight excluding hydrogens is 264 g/mol. The molecule has 0 aromatic rings. The van der Waals surface area contributed by atoms with Crippen molar-refractivity contribution in [2.24, 2.45) is 5.92 Å². The van der Waals surface area contributed by atoms with Crippen molar-refractivity contribution in [3.05, 3.63) is 0 Å². The van der Waals surface area contributed by atoms with Crippen molar-refractivity contribution < 1.29 is 13.2 Å². The van der Waals surface area contributed by atoms with E-state index >= 15 is 0 Å². The van der Waals surface area contributed by atoms with Gasteiger partial charge in [0.15, 0.2) is 9.84 Å². The smallest absolute Gasteiger partial charge is 0.237 e. The molecule has 19 heavy (non-hydrogen) atoms. The van der Waals surface area contributed by atoms with Gasteiger partial charge < -0.3 is 10.2 Å². The number of sulfone groups is 1. The first-order chi connectivity index (χ1) is 8.86. The number of carbonyl (C=O) groups excluding carboxylic acids is 1. The van der Waals surface area contributed by atoms with E-state index in [1.807, 2.05) is 0 Å². The molecule has 112 valence electrons. The molecule has 1 heterocycles. The van der Waals surface area contributed by atoms with Crippen LogP contribution in [0.5, 0.6) is 0 Å². The Kier molecular flexibility index (Phi) is 6.26. The van der Waals surface area contributed by atoms with Gasteiger partial charge in [0, 0.05) is 13.1 Å². The lowest BCUT2D eigenvalue weighted by Crippen LogP contribution is -2.43. The molecule has 1 N–H and O–H groups in total. The lowest BCUT2D eigenvalue weighted by atomic mass is 9.97. The number of amides is 1. The van der Waals surface area contributed by atoms with Crippen molar-refractivity contribution in [3.63, 3.8) is 0 Å². The molecule has 1 aliphatic heterocycles. The maximum absolute atomic E-state index is 12.0. The van der Waals surface area contributed by atoms with Gasteiger partial charge in [-0.1, -0.05) is 6.92 Å². The summed E-state index contributed by atoms with van der Waals surface area (Å²) >= 11 is 0. The molecule has 5 nitrogen and oxygen atoms in total. The van der Waals surface area contributed by atoms with Gasteiger partial charge >= 0.3 is 0 Å². The van der Waals surface area contributed by atoms with E-state index in [1.54, 1.807) is 18.7 Å². The predicted octanol–water partition coefficient (Wildman–Crippen LogP) is 0.658. The normalized spacial score (nSPS) is 18.0. The summed E-state index contributed by atoms with van der Waals surface area (Å²) in [6, 6.07) is 0. The highest BCUT2D eigenvalue weighted by Gasteiger charge is 2.27. The first-order valence-corrected chi connectivity index (χ1v) is 8.78. The van der Waals surface area contributed by atoms with Crippen molar-refractivity contribution in [3.8, 4) is 0 Å². The summed E-state index contributed by atoms with van der Waals surface area (Å²) < 4.78 is 23.5. The molecule has 0 aromatic heterocycles. The standard InChI is InChI=1S/C13H26N2O3S/c1-4-14-9-12-5-7-15(8-6-12)13(16)10-19(17,18)11(2)3/h11-12,14H,4-10H2,1-3H3. The number of carbonyl (C=O) groups is 1. The van der Waals surface area contributed by atoms with Crippen molar-refractivity contribution in [2.75, 3.05) is 31.9 Å². The van der Waals surface area contributed by atoms with Crippen LogP contribution in [0.3, 0.4) is 0 Å². The molecule has 0 unspecified atom stereocenters. The second-order valence-corrected chi connectivity index (χ2v) is 8.04. The molecule has 1 saturated heterocycles. The Morgan fingerprint density at radius 1 is 1.32 bits per heavy atom. The van der Waals surface area contributed by atoms with Crippen molar-refractivity contribution >= 4 is 15.7 Å². The molecule has 1 rings (SSSR count). The van der Waals surface area contributed by atoms with Crippen LogP contribution in [0, 0.1) is 5.92 Å². The van der Waals surface area contributed by atoms with Gasteiger partial charge in [0.2, 0.25) is 5.91 Å². The highest BCUT2D eigenvalue weighted by molar-refractivity contribution is 7.92. The van der Waals surface area contributed by atoms with E-state index in [-0.39, 0.29) is 11.7 Å². The first-order valence-electron chi connectivity index (χ1n) is 7.07. The van der Waals surface area contributed by atoms with E-state index in [4.69, 9.17) is 0 Å². The molecule has 0 radical (unpaired) electrons. The van der Waals surface area contributed by atoms with Crippen LogP contribution >= 0.6 is 0 Å². The second-order valence-electron chi connectivity index (χ2n) is 5.49. The topological polar surface area (TPSA) is 66.5 Å². The summed E-state index contributed by atoms with van der Waals surface area (Å²) in [7, 11) is -3.28. The van der Waals surface area contributed by atoms with Crippen LogP contribution in [-0.4, -0.2) is 56.4 Å². The number of nitrogens with one attached hydrogen (secondary N) is 1. The third-order valence-electron chi connectivity index (χ3n) is 3.69. The van der Waals surface area contributed by atoms with E-state index in [9.17, 15) is 13.2 Å². The zero-order chi connectivity index (χ0) is 14.5. The van der Waals surface area contributed by atoms with Gasteiger partial charge in [0.25, 0.3) is 0 Å². The van der Waals surface area contributed by atoms with Gasteiger partial charge in [0.1, 0.15) is 5.75 Å². The van der Waals surface area contributed by atoms with E-state index in [0.29, 0.717) is 19.0 Å². The van der Waals surface area contributed by atoms with E-state index in [1.165, 1.54) is 0 Å². The summed E-state index contributed by atoms with van der Waals surface area (Å²) in [6.07, 6.45) is 1.92. The molecule has 0 aliphatic carbocycles. The average Bonchev–Trinajstić information content (AvgIpc) is 2.36. The maximum Gasteiger partial charge on any atom is 0.237 e. The summed E-state index contributed by atoms with van der Waals surface area (Å²) in [4.78, 5) is 13.7. The second kappa shape index (κ2) is 7.24. The number of nitrogens with zero attached hydrogens (tertiary/aromatic N) is 1.